The molecule has 9 heteroatoms. The molecule has 246 valence electrons. The van der Waals surface area contributed by atoms with Crippen LogP contribution < -0.4 is 5.32 Å². The zero-order chi connectivity index (χ0) is 32.5. The molecule has 2 saturated heterocycles. The summed E-state index contributed by atoms with van der Waals surface area (Å²) in [5, 5.41) is 21.3. The first-order chi connectivity index (χ1) is 22.4. The topological polar surface area (TPSA) is 118 Å². The minimum Gasteiger partial charge on any atom is -0.481 e. The summed E-state index contributed by atoms with van der Waals surface area (Å²) in [5.74, 6) is -0.958. The lowest BCUT2D eigenvalue weighted by atomic mass is 9.89. The number of carbonyl (C=O) groups is 2. The van der Waals surface area contributed by atoms with Crippen LogP contribution >= 0.6 is 0 Å². The monoisotopic (exact) mass is 630 g/mol. The van der Waals surface area contributed by atoms with Crippen LogP contribution in [0.5, 0.6) is 0 Å². The molecule has 0 saturated carbocycles. The van der Waals surface area contributed by atoms with Crippen molar-refractivity contribution in [2.75, 3.05) is 26.8 Å². The van der Waals surface area contributed by atoms with Crippen LogP contribution in [0, 0.1) is 5.92 Å². The molecule has 1 amide bonds. The first-order valence-corrected chi connectivity index (χ1v) is 16.3. The van der Waals surface area contributed by atoms with E-state index >= 15 is 0 Å². The van der Waals surface area contributed by atoms with Gasteiger partial charge in [0, 0.05) is 50.6 Å². The molecular formula is C37H46N2O7. The molecule has 3 aromatic rings. The van der Waals surface area contributed by atoms with E-state index in [4.69, 9.17) is 19.3 Å². The number of rotatable bonds is 14. The maximum Gasteiger partial charge on any atom is 0.303 e. The molecule has 2 aliphatic heterocycles. The Morgan fingerprint density at radius 2 is 1.72 bits per heavy atom. The smallest absolute Gasteiger partial charge is 0.303 e. The minimum absolute atomic E-state index is 0.000205. The number of methoxy groups -OCH3 is 1. The number of hydrogen-bond acceptors (Lipinski definition) is 7. The second-order valence-corrected chi connectivity index (χ2v) is 12.4. The second-order valence-electron chi connectivity index (χ2n) is 12.4. The van der Waals surface area contributed by atoms with Crippen molar-refractivity contribution < 1.29 is 34.0 Å². The zero-order valence-electron chi connectivity index (χ0n) is 26.8. The van der Waals surface area contributed by atoms with Crippen molar-refractivity contribution in [3.63, 3.8) is 0 Å². The molecule has 3 aromatic carbocycles. The van der Waals surface area contributed by atoms with Crippen LogP contribution in [-0.4, -0.2) is 65.9 Å². The van der Waals surface area contributed by atoms with Gasteiger partial charge in [-0.1, -0.05) is 79.7 Å². The van der Waals surface area contributed by atoms with Crippen molar-refractivity contribution in [3.05, 3.63) is 95.1 Å². The van der Waals surface area contributed by atoms with E-state index in [-0.39, 0.29) is 43.5 Å². The number of nitrogens with zero attached hydrogens (tertiary/aromatic N) is 1. The van der Waals surface area contributed by atoms with Crippen LogP contribution in [0.2, 0.25) is 0 Å². The Morgan fingerprint density at radius 1 is 0.978 bits per heavy atom. The number of amides is 1. The molecule has 0 radical (unpaired) electrons. The van der Waals surface area contributed by atoms with Gasteiger partial charge in [-0.05, 0) is 53.6 Å². The number of hydrogen-bond donors (Lipinski definition) is 3. The molecule has 0 bridgehead atoms. The average molecular weight is 631 g/mol. The predicted octanol–water partition coefficient (Wildman–Crippen LogP) is 5.62. The van der Waals surface area contributed by atoms with Crippen LogP contribution in [0.4, 0.5) is 0 Å². The fourth-order valence-electron chi connectivity index (χ4n) is 6.53. The van der Waals surface area contributed by atoms with E-state index in [0.717, 1.165) is 59.3 Å². The number of aliphatic carboxylic acids is 1. The van der Waals surface area contributed by atoms with E-state index in [1.165, 1.54) is 0 Å². The lowest BCUT2D eigenvalue weighted by Gasteiger charge is -2.43. The summed E-state index contributed by atoms with van der Waals surface area (Å²) >= 11 is 0. The predicted molar refractivity (Wildman–Crippen MR) is 175 cm³/mol. The zero-order valence-corrected chi connectivity index (χ0v) is 26.8. The maximum absolute atomic E-state index is 12.3. The molecule has 0 spiro atoms. The normalized spacial score (nSPS) is 23.3. The number of benzene rings is 3. The third kappa shape index (κ3) is 8.60. The number of carboxylic acids is 1. The van der Waals surface area contributed by atoms with Gasteiger partial charge < -0.3 is 29.7 Å². The highest BCUT2D eigenvalue weighted by molar-refractivity contribution is 5.77. The number of likely N-dealkylation sites (tertiary alicyclic amines) is 1. The number of aliphatic hydroxyl groups excluding tert-OH is 1. The largest absolute Gasteiger partial charge is 0.481 e. The second kappa shape index (κ2) is 16.3. The van der Waals surface area contributed by atoms with E-state index in [0.29, 0.717) is 25.6 Å². The summed E-state index contributed by atoms with van der Waals surface area (Å²) in [7, 11) is 1.76. The Morgan fingerprint density at radius 3 is 2.43 bits per heavy atom. The summed E-state index contributed by atoms with van der Waals surface area (Å²) in [4.78, 5) is 25.5. The Hall–Kier alpha value is -3.60. The molecule has 5 atom stereocenters. The first-order valence-electron chi connectivity index (χ1n) is 16.3. The van der Waals surface area contributed by atoms with Gasteiger partial charge >= 0.3 is 5.97 Å². The highest BCUT2D eigenvalue weighted by Gasteiger charge is 2.40. The molecule has 3 N–H and O–H groups in total. The molecule has 2 aliphatic rings. The fraction of sp³-hybridized carbons (Fsp3) is 0.459. The van der Waals surface area contributed by atoms with Crippen LogP contribution in [0.15, 0.2) is 72.8 Å². The average Bonchev–Trinajstić information content (AvgIpc) is 3.51. The summed E-state index contributed by atoms with van der Waals surface area (Å²) < 4.78 is 18.9. The van der Waals surface area contributed by atoms with Crippen molar-refractivity contribution >= 4 is 11.9 Å². The van der Waals surface area contributed by atoms with Crippen LogP contribution in [0.3, 0.4) is 0 Å². The van der Waals surface area contributed by atoms with Crippen molar-refractivity contribution in [1.29, 1.82) is 0 Å². The molecule has 46 heavy (non-hydrogen) atoms. The number of aliphatic hydroxyl groups is 1. The van der Waals surface area contributed by atoms with Gasteiger partial charge in [-0.15, -0.1) is 0 Å². The lowest BCUT2D eigenvalue weighted by Crippen LogP contribution is -2.46. The molecule has 5 rings (SSSR count). The van der Waals surface area contributed by atoms with Crippen molar-refractivity contribution in [3.8, 4) is 11.1 Å². The van der Waals surface area contributed by atoms with Crippen LogP contribution in [0.1, 0.15) is 73.7 Å². The maximum atomic E-state index is 12.3. The van der Waals surface area contributed by atoms with Crippen LogP contribution in [-0.2, 0) is 37.0 Å². The standard InChI is InChI=1S/C37H46N2O7/c1-25-33(22-39-20-6-8-31(39)24-44-2)45-37(46-36(25)28-14-12-26(23-40)13-15-28)29-18-16-27(17-19-29)32-9-4-3-7-30(32)21-38-34(41)10-5-11-35(42)43/h3-4,7,9,12-19,25,31,33,36-37,40H,5-6,8,10-11,20-24H2,1-2H3,(H,38,41)(H,42,43). The Balaban J connectivity index is 1.33. The first kappa shape index (κ1) is 33.8. The highest BCUT2D eigenvalue weighted by atomic mass is 16.7. The SMILES string of the molecule is COCC1CCCN1CC1OC(c2ccc(-c3ccccc3CNC(=O)CCCC(=O)O)cc2)OC(c2ccc(CO)cc2)C1C. The molecule has 0 aromatic heterocycles. The third-order valence-corrected chi connectivity index (χ3v) is 9.18. The van der Waals surface area contributed by atoms with E-state index in [9.17, 15) is 14.7 Å². The quantitative estimate of drug-likeness (QED) is 0.210. The molecule has 0 aliphatic carbocycles. The van der Waals surface area contributed by atoms with Gasteiger partial charge in [-0.2, -0.15) is 0 Å². The summed E-state index contributed by atoms with van der Waals surface area (Å²) in [6.45, 7) is 5.09. The van der Waals surface area contributed by atoms with Crippen LogP contribution in [0.25, 0.3) is 11.1 Å². The van der Waals surface area contributed by atoms with Gasteiger partial charge in [-0.25, -0.2) is 0 Å². The molecule has 5 unspecified atom stereocenters. The Kier molecular flexibility index (Phi) is 12.0. The Bertz CT molecular complexity index is 1430. The van der Waals surface area contributed by atoms with E-state index < -0.39 is 12.3 Å². The third-order valence-electron chi connectivity index (χ3n) is 9.18. The van der Waals surface area contributed by atoms with Crippen molar-refractivity contribution in [2.45, 2.75) is 76.7 Å². The van der Waals surface area contributed by atoms with E-state index in [1.807, 2.05) is 60.7 Å². The summed E-state index contributed by atoms with van der Waals surface area (Å²) in [6.07, 6.45) is 1.96. The number of ether oxygens (including phenoxy) is 3. The van der Waals surface area contributed by atoms with Crippen molar-refractivity contribution in [2.24, 2.45) is 5.92 Å². The number of carboxylic acid groups (broad SMARTS) is 1. The number of nitrogens with one attached hydrogen (secondary N) is 1. The van der Waals surface area contributed by atoms with Gasteiger partial charge in [0.25, 0.3) is 0 Å². The number of carbonyl (C=O) groups excluding carboxylic acids is 1. The molecule has 2 heterocycles. The summed E-state index contributed by atoms with van der Waals surface area (Å²) in [5.41, 5.74) is 5.85. The highest BCUT2D eigenvalue weighted by Crippen LogP contribution is 2.42. The van der Waals surface area contributed by atoms with Gasteiger partial charge in [0.05, 0.1) is 25.4 Å². The minimum atomic E-state index is -0.898. The van der Waals surface area contributed by atoms with Gasteiger partial charge in [-0.3, -0.25) is 14.5 Å². The molecule has 2 fully saturated rings. The summed E-state index contributed by atoms with van der Waals surface area (Å²) in [6, 6.07) is 24.5. The van der Waals surface area contributed by atoms with Gasteiger partial charge in [0.2, 0.25) is 5.91 Å². The molecular weight excluding hydrogens is 584 g/mol. The van der Waals surface area contributed by atoms with Gasteiger partial charge in [0.15, 0.2) is 6.29 Å². The Labute approximate surface area is 271 Å². The van der Waals surface area contributed by atoms with E-state index in [2.05, 4.69) is 29.3 Å². The fourth-order valence-corrected chi connectivity index (χ4v) is 6.53. The van der Waals surface area contributed by atoms with Crippen molar-refractivity contribution in [1.82, 2.24) is 10.2 Å². The lowest BCUT2D eigenvalue weighted by molar-refractivity contribution is -0.276. The molecule has 9 nitrogen and oxygen atoms in total. The van der Waals surface area contributed by atoms with E-state index in [1.54, 1.807) is 7.11 Å². The van der Waals surface area contributed by atoms with Gasteiger partial charge in [0.1, 0.15) is 0 Å².